The molecule has 1 amide bonds. The highest BCUT2D eigenvalue weighted by molar-refractivity contribution is 6.09. The molecule has 0 bridgehead atoms. The molecule has 1 heterocycles. The van der Waals surface area contributed by atoms with E-state index in [0.717, 1.165) is 12.1 Å². The Morgan fingerprint density at radius 1 is 0.909 bits per heavy atom. The molecule has 2 aromatic carbocycles. The second kappa shape index (κ2) is 5.67. The average molecular weight is 301 g/mol. The van der Waals surface area contributed by atoms with Gasteiger partial charge in [-0.1, -0.05) is 18.2 Å². The summed E-state index contributed by atoms with van der Waals surface area (Å²) in [4.78, 5) is 25.6. The summed E-state index contributed by atoms with van der Waals surface area (Å²) in [6, 6.07) is 10.2. The minimum absolute atomic E-state index is 0.0313. The van der Waals surface area contributed by atoms with E-state index in [0.29, 0.717) is 11.3 Å². The Labute approximate surface area is 126 Å². The molecule has 3 rings (SSSR count). The number of para-hydroxylation sites is 1. The quantitative estimate of drug-likeness (QED) is 0.851. The molecule has 0 saturated carbocycles. The van der Waals surface area contributed by atoms with Crippen molar-refractivity contribution in [1.82, 2.24) is 0 Å². The predicted octanol–water partition coefficient (Wildman–Crippen LogP) is 3.47. The number of hydrogen-bond acceptors (Lipinski definition) is 2. The van der Waals surface area contributed by atoms with Gasteiger partial charge in [0.2, 0.25) is 5.91 Å². The number of nitrogens with zero attached hydrogens (tertiary/aromatic N) is 1. The number of carbonyl (C=O) groups excluding carboxylic acids is 2. The van der Waals surface area contributed by atoms with E-state index < -0.39 is 11.6 Å². The van der Waals surface area contributed by atoms with Crippen LogP contribution < -0.4 is 4.90 Å². The lowest BCUT2D eigenvalue weighted by atomic mass is 10.1. The Bertz CT molecular complexity index is 738. The lowest BCUT2D eigenvalue weighted by molar-refractivity contribution is -0.118. The molecule has 0 atom stereocenters. The zero-order valence-corrected chi connectivity index (χ0v) is 11.7. The summed E-state index contributed by atoms with van der Waals surface area (Å²) in [5, 5.41) is 0. The van der Waals surface area contributed by atoms with Gasteiger partial charge in [0, 0.05) is 24.0 Å². The first-order valence-corrected chi connectivity index (χ1v) is 6.93. The standard InChI is InChI=1S/C17H13F2NO2/c18-13-5-3-6-14(19)12(13)10-20-15-7-2-1-4-11(15)16(21)8-9-17(20)22/h1-7H,8-10H2. The van der Waals surface area contributed by atoms with E-state index in [9.17, 15) is 18.4 Å². The van der Waals surface area contributed by atoms with Crippen molar-refractivity contribution in [2.24, 2.45) is 0 Å². The van der Waals surface area contributed by atoms with Crippen LogP contribution in [0.15, 0.2) is 42.5 Å². The summed E-state index contributed by atoms with van der Waals surface area (Å²) in [5.41, 5.74) is 0.628. The molecule has 0 fully saturated rings. The molecular formula is C17H13F2NO2. The Kier molecular flexibility index (Phi) is 3.71. The van der Waals surface area contributed by atoms with E-state index in [-0.39, 0.29) is 36.6 Å². The summed E-state index contributed by atoms with van der Waals surface area (Å²) < 4.78 is 27.7. The maximum atomic E-state index is 13.8. The monoisotopic (exact) mass is 301 g/mol. The minimum Gasteiger partial charge on any atom is -0.307 e. The topological polar surface area (TPSA) is 37.4 Å². The van der Waals surface area contributed by atoms with E-state index in [1.807, 2.05) is 0 Å². The van der Waals surface area contributed by atoms with Crippen molar-refractivity contribution in [1.29, 1.82) is 0 Å². The average Bonchev–Trinajstić information content (AvgIpc) is 2.63. The lowest BCUT2D eigenvalue weighted by Crippen LogP contribution is -2.30. The van der Waals surface area contributed by atoms with Crippen LogP contribution in [0, 0.1) is 11.6 Å². The van der Waals surface area contributed by atoms with Crippen molar-refractivity contribution in [2.75, 3.05) is 4.90 Å². The number of anilines is 1. The number of hydrogen-bond donors (Lipinski definition) is 0. The van der Waals surface area contributed by atoms with Gasteiger partial charge in [-0.05, 0) is 24.3 Å². The molecule has 112 valence electrons. The third-order valence-corrected chi connectivity index (χ3v) is 3.74. The van der Waals surface area contributed by atoms with Gasteiger partial charge in [0.15, 0.2) is 5.78 Å². The van der Waals surface area contributed by atoms with E-state index in [1.54, 1.807) is 24.3 Å². The molecule has 0 spiro atoms. The van der Waals surface area contributed by atoms with Gasteiger partial charge in [-0.3, -0.25) is 9.59 Å². The molecule has 0 unspecified atom stereocenters. The Balaban J connectivity index is 2.07. The van der Waals surface area contributed by atoms with Gasteiger partial charge in [0.05, 0.1) is 12.2 Å². The third kappa shape index (κ3) is 2.50. The molecule has 0 aliphatic carbocycles. The molecule has 0 aromatic heterocycles. The number of carbonyl (C=O) groups is 2. The first kappa shape index (κ1) is 14.4. The molecular weight excluding hydrogens is 288 g/mol. The first-order valence-electron chi connectivity index (χ1n) is 6.93. The SMILES string of the molecule is O=C1CCC(=O)N(Cc2c(F)cccc2F)c2ccccc21. The number of halogens is 2. The molecule has 22 heavy (non-hydrogen) atoms. The van der Waals surface area contributed by atoms with Crippen molar-refractivity contribution in [3.05, 3.63) is 65.2 Å². The second-order valence-corrected chi connectivity index (χ2v) is 5.12. The van der Waals surface area contributed by atoms with Crippen LogP contribution in [0.1, 0.15) is 28.8 Å². The predicted molar refractivity (Wildman–Crippen MR) is 77.6 cm³/mol. The summed E-state index contributed by atoms with van der Waals surface area (Å²) in [6.45, 7) is -0.234. The number of rotatable bonds is 2. The maximum absolute atomic E-state index is 13.8. The number of Topliss-reactive ketones (excluding diaryl/α,β-unsaturated/α-hetero) is 1. The van der Waals surface area contributed by atoms with Gasteiger partial charge >= 0.3 is 0 Å². The fourth-order valence-electron chi connectivity index (χ4n) is 2.58. The molecule has 2 aromatic rings. The van der Waals surface area contributed by atoms with Crippen LogP contribution in [-0.2, 0) is 11.3 Å². The largest absolute Gasteiger partial charge is 0.307 e. The molecule has 0 radical (unpaired) electrons. The maximum Gasteiger partial charge on any atom is 0.227 e. The van der Waals surface area contributed by atoms with Gasteiger partial charge in [-0.25, -0.2) is 8.78 Å². The van der Waals surface area contributed by atoms with Crippen molar-refractivity contribution in [3.8, 4) is 0 Å². The van der Waals surface area contributed by atoms with Crippen LogP contribution >= 0.6 is 0 Å². The third-order valence-electron chi connectivity index (χ3n) is 3.74. The fourth-order valence-corrected chi connectivity index (χ4v) is 2.58. The zero-order valence-electron chi connectivity index (χ0n) is 11.7. The van der Waals surface area contributed by atoms with E-state index in [1.165, 1.54) is 11.0 Å². The van der Waals surface area contributed by atoms with Crippen LogP contribution in [0.3, 0.4) is 0 Å². The van der Waals surface area contributed by atoms with Crippen molar-refractivity contribution >= 4 is 17.4 Å². The van der Waals surface area contributed by atoms with Crippen molar-refractivity contribution in [2.45, 2.75) is 19.4 Å². The number of ketones is 1. The Morgan fingerprint density at radius 2 is 1.59 bits per heavy atom. The van der Waals surface area contributed by atoms with Crippen LogP contribution in [0.2, 0.25) is 0 Å². The van der Waals surface area contributed by atoms with Crippen molar-refractivity contribution < 1.29 is 18.4 Å². The zero-order chi connectivity index (χ0) is 15.7. The first-order chi connectivity index (χ1) is 10.6. The highest BCUT2D eigenvalue weighted by Crippen LogP contribution is 2.29. The van der Waals surface area contributed by atoms with Gasteiger partial charge < -0.3 is 4.90 Å². The van der Waals surface area contributed by atoms with E-state index in [2.05, 4.69) is 0 Å². The summed E-state index contributed by atoms with van der Waals surface area (Å²) >= 11 is 0. The van der Waals surface area contributed by atoms with Crippen molar-refractivity contribution in [3.63, 3.8) is 0 Å². The molecule has 1 aliphatic heterocycles. The van der Waals surface area contributed by atoms with Gasteiger partial charge in [-0.15, -0.1) is 0 Å². The molecule has 0 N–H and O–H groups in total. The summed E-state index contributed by atoms with van der Waals surface area (Å²) in [7, 11) is 0. The number of amides is 1. The van der Waals surface area contributed by atoms with Gasteiger partial charge in [0.1, 0.15) is 11.6 Å². The highest BCUT2D eigenvalue weighted by atomic mass is 19.1. The summed E-state index contributed by atoms with van der Waals surface area (Å²) in [6.07, 6.45) is 0.135. The molecule has 3 nitrogen and oxygen atoms in total. The lowest BCUT2D eigenvalue weighted by Gasteiger charge is -2.23. The number of benzene rings is 2. The fraction of sp³-hybridized carbons (Fsp3) is 0.176. The van der Waals surface area contributed by atoms with E-state index in [4.69, 9.17) is 0 Å². The van der Waals surface area contributed by atoms with Gasteiger partial charge in [0.25, 0.3) is 0 Å². The molecule has 1 aliphatic rings. The number of fused-ring (bicyclic) bond motifs is 1. The highest BCUT2D eigenvalue weighted by Gasteiger charge is 2.27. The molecule has 5 heteroatoms. The minimum atomic E-state index is -0.708. The second-order valence-electron chi connectivity index (χ2n) is 5.12. The smallest absolute Gasteiger partial charge is 0.227 e. The Hall–Kier alpha value is -2.56. The molecule has 0 saturated heterocycles. The summed E-state index contributed by atoms with van der Waals surface area (Å²) in [5.74, 6) is -1.87. The van der Waals surface area contributed by atoms with Crippen LogP contribution in [0.4, 0.5) is 14.5 Å². The van der Waals surface area contributed by atoms with Crippen LogP contribution in [-0.4, -0.2) is 11.7 Å². The van der Waals surface area contributed by atoms with E-state index >= 15 is 0 Å². The normalized spacial score (nSPS) is 14.7. The Morgan fingerprint density at radius 3 is 2.32 bits per heavy atom. The van der Waals surface area contributed by atoms with Crippen LogP contribution in [0.5, 0.6) is 0 Å². The van der Waals surface area contributed by atoms with Gasteiger partial charge in [-0.2, -0.15) is 0 Å². The van der Waals surface area contributed by atoms with Crippen LogP contribution in [0.25, 0.3) is 0 Å².